The van der Waals surface area contributed by atoms with Gasteiger partial charge in [-0.05, 0) is 56.6 Å². The SMILES string of the molecule is CCSCC(C)NC1CCC2(CCCC2)CC1. The topological polar surface area (TPSA) is 12.0 Å². The number of nitrogens with one attached hydrogen (secondary N) is 1. The second kappa shape index (κ2) is 6.47. The Hall–Kier alpha value is 0.310. The van der Waals surface area contributed by atoms with Crippen molar-refractivity contribution in [2.24, 2.45) is 5.41 Å². The first-order chi connectivity index (χ1) is 8.24. The minimum absolute atomic E-state index is 0.697. The van der Waals surface area contributed by atoms with E-state index in [0.29, 0.717) is 6.04 Å². The number of rotatable bonds is 5. The van der Waals surface area contributed by atoms with Crippen LogP contribution in [-0.2, 0) is 0 Å². The van der Waals surface area contributed by atoms with Gasteiger partial charge in [0.15, 0.2) is 0 Å². The molecule has 2 fully saturated rings. The summed E-state index contributed by atoms with van der Waals surface area (Å²) >= 11 is 2.06. The van der Waals surface area contributed by atoms with Crippen LogP contribution in [0.5, 0.6) is 0 Å². The molecule has 1 atom stereocenters. The van der Waals surface area contributed by atoms with Crippen molar-refractivity contribution >= 4 is 11.8 Å². The van der Waals surface area contributed by atoms with Crippen LogP contribution in [0.15, 0.2) is 0 Å². The normalized spacial score (nSPS) is 26.5. The monoisotopic (exact) mass is 255 g/mol. The second-order valence-corrected chi connectivity index (χ2v) is 7.53. The molecule has 2 rings (SSSR count). The van der Waals surface area contributed by atoms with Crippen LogP contribution in [0.4, 0.5) is 0 Å². The average Bonchev–Trinajstić information content (AvgIpc) is 2.79. The Balaban J connectivity index is 1.68. The molecule has 0 saturated heterocycles. The van der Waals surface area contributed by atoms with Crippen molar-refractivity contribution in [3.63, 3.8) is 0 Å². The van der Waals surface area contributed by atoms with E-state index in [0.717, 1.165) is 11.5 Å². The molecule has 1 nitrogen and oxygen atoms in total. The molecule has 1 unspecified atom stereocenters. The minimum Gasteiger partial charge on any atom is -0.311 e. The molecule has 1 N–H and O–H groups in total. The molecule has 0 aliphatic heterocycles. The number of hydrogen-bond acceptors (Lipinski definition) is 2. The van der Waals surface area contributed by atoms with Crippen LogP contribution >= 0.6 is 11.8 Å². The summed E-state index contributed by atoms with van der Waals surface area (Å²) in [4.78, 5) is 0. The number of thioether (sulfide) groups is 1. The van der Waals surface area contributed by atoms with E-state index in [9.17, 15) is 0 Å². The zero-order valence-electron chi connectivity index (χ0n) is 11.6. The molecule has 0 radical (unpaired) electrons. The van der Waals surface area contributed by atoms with Crippen molar-refractivity contribution in [1.29, 1.82) is 0 Å². The first-order valence-corrected chi connectivity index (χ1v) is 8.73. The first-order valence-electron chi connectivity index (χ1n) is 7.58. The zero-order valence-corrected chi connectivity index (χ0v) is 12.5. The van der Waals surface area contributed by atoms with Gasteiger partial charge < -0.3 is 5.32 Å². The molecule has 0 aromatic carbocycles. The molecule has 2 aliphatic rings. The van der Waals surface area contributed by atoms with Crippen molar-refractivity contribution in [2.75, 3.05) is 11.5 Å². The van der Waals surface area contributed by atoms with Crippen molar-refractivity contribution in [3.05, 3.63) is 0 Å². The van der Waals surface area contributed by atoms with E-state index in [1.54, 1.807) is 0 Å². The van der Waals surface area contributed by atoms with Gasteiger partial charge in [0.1, 0.15) is 0 Å². The highest BCUT2D eigenvalue weighted by atomic mass is 32.2. The van der Waals surface area contributed by atoms with E-state index in [-0.39, 0.29) is 0 Å². The highest BCUT2D eigenvalue weighted by Crippen LogP contribution is 2.48. The van der Waals surface area contributed by atoms with E-state index < -0.39 is 0 Å². The average molecular weight is 255 g/mol. The third-order valence-electron chi connectivity index (χ3n) is 4.80. The molecule has 1 spiro atoms. The van der Waals surface area contributed by atoms with Gasteiger partial charge in [-0.15, -0.1) is 0 Å². The van der Waals surface area contributed by atoms with Crippen molar-refractivity contribution < 1.29 is 0 Å². The van der Waals surface area contributed by atoms with Gasteiger partial charge in [-0.3, -0.25) is 0 Å². The molecule has 0 amide bonds. The van der Waals surface area contributed by atoms with Crippen LogP contribution in [0, 0.1) is 5.41 Å². The highest BCUT2D eigenvalue weighted by molar-refractivity contribution is 7.99. The standard InChI is InChI=1S/C15H29NS/c1-3-17-12-13(2)16-14-6-10-15(11-7-14)8-4-5-9-15/h13-14,16H,3-12H2,1-2H3. The summed E-state index contributed by atoms with van der Waals surface area (Å²) in [5, 5.41) is 3.84. The largest absolute Gasteiger partial charge is 0.311 e. The maximum atomic E-state index is 3.84. The molecular weight excluding hydrogens is 226 g/mol. The van der Waals surface area contributed by atoms with Gasteiger partial charge in [0.05, 0.1) is 0 Å². The fourth-order valence-electron chi connectivity index (χ4n) is 3.77. The third-order valence-corrected chi connectivity index (χ3v) is 5.95. The van der Waals surface area contributed by atoms with Gasteiger partial charge in [0, 0.05) is 17.8 Å². The lowest BCUT2D eigenvalue weighted by Gasteiger charge is -2.38. The lowest BCUT2D eigenvalue weighted by Crippen LogP contribution is -2.42. The Morgan fingerprint density at radius 2 is 1.82 bits per heavy atom. The predicted octanol–water partition coefficient (Wildman–Crippen LogP) is 4.22. The van der Waals surface area contributed by atoms with E-state index in [1.165, 1.54) is 62.9 Å². The third kappa shape index (κ3) is 3.89. The van der Waals surface area contributed by atoms with Crippen LogP contribution in [0.3, 0.4) is 0 Å². The Morgan fingerprint density at radius 1 is 1.18 bits per heavy atom. The van der Waals surface area contributed by atoms with E-state index in [2.05, 4.69) is 30.9 Å². The molecule has 0 aromatic heterocycles. The lowest BCUT2D eigenvalue weighted by atomic mass is 9.71. The van der Waals surface area contributed by atoms with Crippen LogP contribution < -0.4 is 5.32 Å². The summed E-state index contributed by atoms with van der Waals surface area (Å²) in [6, 6.07) is 1.51. The molecule has 2 saturated carbocycles. The van der Waals surface area contributed by atoms with Gasteiger partial charge >= 0.3 is 0 Å². The van der Waals surface area contributed by atoms with Crippen LogP contribution in [0.2, 0.25) is 0 Å². The molecule has 0 heterocycles. The summed E-state index contributed by atoms with van der Waals surface area (Å²) in [5.41, 5.74) is 0.791. The molecular formula is C15H29NS. The fraction of sp³-hybridized carbons (Fsp3) is 1.00. The molecule has 17 heavy (non-hydrogen) atoms. The molecule has 0 aromatic rings. The van der Waals surface area contributed by atoms with Crippen molar-refractivity contribution in [3.8, 4) is 0 Å². The van der Waals surface area contributed by atoms with Gasteiger partial charge in [-0.1, -0.05) is 19.8 Å². The summed E-state index contributed by atoms with van der Waals surface area (Å²) in [6.45, 7) is 4.60. The Bertz CT molecular complexity index is 213. The summed E-state index contributed by atoms with van der Waals surface area (Å²) in [5.74, 6) is 2.53. The van der Waals surface area contributed by atoms with E-state index in [4.69, 9.17) is 0 Å². The summed E-state index contributed by atoms with van der Waals surface area (Å²) in [6.07, 6.45) is 11.9. The minimum atomic E-state index is 0.697. The molecule has 2 heteroatoms. The van der Waals surface area contributed by atoms with Crippen molar-refractivity contribution in [2.45, 2.75) is 77.3 Å². The highest BCUT2D eigenvalue weighted by Gasteiger charge is 2.37. The van der Waals surface area contributed by atoms with Gasteiger partial charge in [-0.25, -0.2) is 0 Å². The first kappa shape index (κ1) is 13.7. The lowest BCUT2D eigenvalue weighted by molar-refractivity contribution is 0.165. The van der Waals surface area contributed by atoms with E-state index in [1.807, 2.05) is 0 Å². The van der Waals surface area contributed by atoms with Gasteiger partial charge in [-0.2, -0.15) is 11.8 Å². The zero-order chi connectivity index (χ0) is 12.1. The van der Waals surface area contributed by atoms with Crippen LogP contribution in [-0.4, -0.2) is 23.6 Å². The van der Waals surface area contributed by atoms with Crippen molar-refractivity contribution in [1.82, 2.24) is 5.32 Å². The Labute approximate surface area is 112 Å². The van der Waals surface area contributed by atoms with Gasteiger partial charge in [0.2, 0.25) is 0 Å². The number of hydrogen-bond donors (Lipinski definition) is 1. The maximum absolute atomic E-state index is 3.84. The maximum Gasteiger partial charge on any atom is 0.0132 e. The summed E-state index contributed by atoms with van der Waals surface area (Å²) < 4.78 is 0. The summed E-state index contributed by atoms with van der Waals surface area (Å²) in [7, 11) is 0. The Kier molecular flexibility index (Phi) is 5.23. The fourth-order valence-corrected chi connectivity index (χ4v) is 4.45. The Morgan fingerprint density at radius 3 is 2.41 bits per heavy atom. The molecule has 0 bridgehead atoms. The molecule has 2 aliphatic carbocycles. The van der Waals surface area contributed by atoms with Crippen LogP contribution in [0.1, 0.15) is 65.2 Å². The molecule has 100 valence electrons. The quantitative estimate of drug-likeness (QED) is 0.789. The van der Waals surface area contributed by atoms with E-state index >= 15 is 0 Å². The van der Waals surface area contributed by atoms with Gasteiger partial charge in [0.25, 0.3) is 0 Å². The smallest absolute Gasteiger partial charge is 0.0132 e. The van der Waals surface area contributed by atoms with Crippen LogP contribution in [0.25, 0.3) is 0 Å². The second-order valence-electron chi connectivity index (χ2n) is 6.21. The predicted molar refractivity (Wildman–Crippen MR) is 78.8 cm³/mol.